The van der Waals surface area contributed by atoms with Gasteiger partial charge in [-0.3, -0.25) is 13.9 Å². The fraction of sp³-hybridized carbons (Fsp3) is 0.310. The van der Waals surface area contributed by atoms with Gasteiger partial charge >= 0.3 is 0 Å². The van der Waals surface area contributed by atoms with Gasteiger partial charge in [0.05, 0.1) is 10.6 Å². The second-order valence-corrected chi connectivity index (χ2v) is 13.3. The molecule has 0 fully saturated rings. The maximum atomic E-state index is 14.1. The number of carbonyl (C=O) groups excluding carboxylic acids is 2. The predicted octanol–water partition coefficient (Wildman–Crippen LogP) is 7.08. The average Bonchev–Trinajstić information content (AvgIpc) is 2.91. The number of hydrogen-bond donors (Lipinski definition) is 1. The zero-order chi connectivity index (χ0) is 30.3. The molecule has 3 aromatic rings. The maximum Gasteiger partial charge on any atom is 0.264 e. The summed E-state index contributed by atoms with van der Waals surface area (Å²) >= 11 is 25.3. The predicted molar refractivity (Wildman–Crippen MR) is 166 cm³/mol. The summed E-state index contributed by atoms with van der Waals surface area (Å²) in [5.41, 5.74) is 0.523. The molecule has 12 heteroatoms. The minimum Gasteiger partial charge on any atom is -0.354 e. The molecule has 220 valence electrons. The summed E-state index contributed by atoms with van der Waals surface area (Å²) in [4.78, 5) is 28.7. The van der Waals surface area contributed by atoms with Gasteiger partial charge in [0.15, 0.2) is 0 Å². The monoisotopic (exact) mass is 657 g/mol. The highest BCUT2D eigenvalue weighted by atomic mass is 35.5. The molecule has 3 rings (SSSR count). The van der Waals surface area contributed by atoms with E-state index in [1.807, 2.05) is 13.8 Å². The number of hydrogen-bond acceptors (Lipinski definition) is 4. The van der Waals surface area contributed by atoms with Crippen LogP contribution < -0.4 is 9.62 Å². The number of amides is 2. The van der Waals surface area contributed by atoms with Gasteiger partial charge in [-0.25, -0.2) is 8.42 Å². The van der Waals surface area contributed by atoms with E-state index in [2.05, 4.69) is 5.32 Å². The molecule has 41 heavy (non-hydrogen) atoms. The molecule has 0 bridgehead atoms. The molecular formula is C29H31Cl4N3O4S. The van der Waals surface area contributed by atoms with E-state index < -0.39 is 28.5 Å². The minimum absolute atomic E-state index is 0.0358. The number of sulfonamides is 1. The van der Waals surface area contributed by atoms with Gasteiger partial charge in [-0.2, -0.15) is 0 Å². The van der Waals surface area contributed by atoms with Crippen molar-refractivity contribution in [1.29, 1.82) is 0 Å². The molecule has 0 spiro atoms. The first-order chi connectivity index (χ1) is 19.3. The van der Waals surface area contributed by atoms with E-state index in [0.717, 1.165) is 4.31 Å². The summed E-state index contributed by atoms with van der Waals surface area (Å²) in [5, 5.41) is 3.87. The molecule has 0 aliphatic rings. The SMILES string of the molecule is CC[C@H](C(=O)NCC(C)C)N(Cc1c(Cl)cccc1Cl)C(=O)CN(c1cc(Cl)cc(Cl)c1)S(=O)(=O)c1ccccc1. The van der Waals surface area contributed by atoms with E-state index in [4.69, 9.17) is 46.4 Å². The van der Waals surface area contributed by atoms with Crippen molar-refractivity contribution < 1.29 is 18.0 Å². The lowest BCUT2D eigenvalue weighted by atomic mass is 10.1. The third-order valence-electron chi connectivity index (χ3n) is 6.21. The van der Waals surface area contributed by atoms with E-state index in [1.165, 1.54) is 35.2 Å². The maximum absolute atomic E-state index is 14.1. The smallest absolute Gasteiger partial charge is 0.264 e. The molecule has 0 radical (unpaired) electrons. The second-order valence-electron chi connectivity index (χ2n) is 9.74. The van der Waals surface area contributed by atoms with Crippen molar-refractivity contribution in [2.75, 3.05) is 17.4 Å². The lowest BCUT2D eigenvalue weighted by Crippen LogP contribution is -2.52. The number of benzene rings is 3. The van der Waals surface area contributed by atoms with Crippen LogP contribution in [0.2, 0.25) is 20.1 Å². The topological polar surface area (TPSA) is 86.8 Å². The van der Waals surface area contributed by atoms with E-state index >= 15 is 0 Å². The molecular weight excluding hydrogens is 628 g/mol. The highest BCUT2D eigenvalue weighted by Crippen LogP contribution is 2.31. The zero-order valence-electron chi connectivity index (χ0n) is 22.8. The molecule has 1 atom stereocenters. The molecule has 0 heterocycles. The van der Waals surface area contributed by atoms with Crippen LogP contribution in [-0.4, -0.2) is 44.3 Å². The van der Waals surface area contributed by atoms with Crippen LogP contribution in [0.15, 0.2) is 71.6 Å². The summed E-state index contributed by atoms with van der Waals surface area (Å²) in [6.45, 7) is 5.31. The largest absolute Gasteiger partial charge is 0.354 e. The van der Waals surface area contributed by atoms with Crippen LogP contribution in [0.1, 0.15) is 32.8 Å². The first kappa shape index (κ1) is 33.0. The summed E-state index contributed by atoms with van der Waals surface area (Å²) in [7, 11) is -4.26. The molecule has 0 aliphatic carbocycles. The van der Waals surface area contributed by atoms with E-state index in [-0.39, 0.29) is 45.4 Å². The molecule has 3 aromatic carbocycles. The van der Waals surface area contributed by atoms with Crippen LogP contribution in [0.5, 0.6) is 0 Å². The first-order valence-corrected chi connectivity index (χ1v) is 15.8. The van der Waals surface area contributed by atoms with Crippen molar-refractivity contribution in [2.45, 2.75) is 44.7 Å². The quantitative estimate of drug-likeness (QED) is 0.225. The van der Waals surface area contributed by atoms with Crippen LogP contribution in [0, 0.1) is 5.92 Å². The highest BCUT2D eigenvalue weighted by Gasteiger charge is 2.34. The first-order valence-electron chi connectivity index (χ1n) is 12.9. The van der Waals surface area contributed by atoms with Crippen LogP contribution in [0.4, 0.5) is 5.69 Å². The molecule has 0 saturated heterocycles. The summed E-state index contributed by atoms with van der Waals surface area (Å²) < 4.78 is 28.7. The zero-order valence-corrected chi connectivity index (χ0v) is 26.6. The third kappa shape index (κ3) is 8.52. The van der Waals surface area contributed by atoms with E-state index in [1.54, 1.807) is 43.3 Å². The Morgan fingerprint density at radius 3 is 2.00 bits per heavy atom. The number of carbonyl (C=O) groups is 2. The van der Waals surface area contributed by atoms with Crippen molar-refractivity contribution >= 4 is 73.9 Å². The third-order valence-corrected chi connectivity index (χ3v) is 9.14. The summed E-state index contributed by atoms with van der Waals surface area (Å²) in [6, 6.07) is 16.0. The van der Waals surface area contributed by atoms with Gasteiger partial charge < -0.3 is 10.2 Å². The molecule has 2 amide bonds. The van der Waals surface area contributed by atoms with Gasteiger partial charge in [0.1, 0.15) is 12.6 Å². The molecule has 0 aliphatic heterocycles. The van der Waals surface area contributed by atoms with Crippen LogP contribution in [0.25, 0.3) is 0 Å². The Morgan fingerprint density at radius 2 is 1.46 bits per heavy atom. The molecule has 0 unspecified atom stereocenters. The second kappa shape index (κ2) is 14.6. The standard InChI is InChI=1S/C29H31Cl4N3O4S/c1-4-27(29(38)34-16-19(2)3)35(17-24-25(32)11-8-12-26(24)33)28(37)18-36(22-14-20(30)13-21(31)15-22)41(39,40)23-9-6-5-7-10-23/h5-15,19,27H,4,16-18H2,1-3H3,(H,34,38)/t27-/m1/s1. The fourth-order valence-electron chi connectivity index (χ4n) is 4.13. The molecule has 1 N–H and O–H groups in total. The minimum atomic E-state index is -4.26. The molecule has 7 nitrogen and oxygen atoms in total. The van der Waals surface area contributed by atoms with Crippen molar-refractivity contribution in [1.82, 2.24) is 10.2 Å². The van der Waals surface area contributed by atoms with Gasteiger partial charge in [0, 0.05) is 38.7 Å². The molecule has 0 saturated carbocycles. The number of nitrogens with one attached hydrogen (secondary N) is 1. The Kier molecular flexibility index (Phi) is 11.8. The number of nitrogens with zero attached hydrogens (tertiary/aromatic N) is 2. The van der Waals surface area contributed by atoms with Gasteiger partial charge in [0.2, 0.25) is 11.8 Å². The fourth-order valence-corrected chi connectivity index (χ4v) is 6.58. The number of anilines is 1. The van der Waals surface area contributed by atoms with E-state index in [9.17, 15) is 18.0 Å². The van der Waals surface area contributed by atoms with Crippen molar-refractivity contribution in [3.8, 4) is 0 Å². The van der Waals surface area contributed by atoms with Crippen LogP contribution >= 0.6 is 46.4 Å². The van der Waals surface area contributed by atoms with Crippen LogP contribution in [0.3, 0.4) is 0 Å². The van der Waals surface area contributed by atoms with Gasteiger partial charge in [0.25, 0.3) is 10.0 Å². The Morgan fingerprint density at radius 1 is 0.878 bits per heavy atom. The van der Waals surface area contributed by atoms with E-state index in [0.29, 0.717) is 22.2 Å². The Hall–Kier alpha value is -2.49. The van der Waals surface area contributed by atoms with Crippen molar-refractivity contribution in [3.05, 3.63) is 92.4 Å². The van der Waals surface area contributed by atoms with Gasteiger partial charge in [-0.15, -0.1) is 0 Å². The van der Waals surface area contributed by atoms with Gasteiger partial charge in [-0.1, -0.05) is 91.4 Å². The van der Waals surface area contributed by atoms with Crippen molar-refractivity contribution in [2.24, 2.45) is 5.92 Å². The number of rotatable bonds is 12. The van der Waals surface area contributed by atoms with Crippen LogP contribution in [-0.2, 0) is 26.2 Å². The normalized spacial score (nSPS) is 12.2. The Balaban J connectivity index is 2.11. The number of halogens is 4. The summed E-state index contributed by atoms with van der Waals surface area (Å²) in [5.74, 6) is -0.846. The average molecular weight is 659 g/mol. The Labute approximate surface area is 261 Å². The lowest BCUT2D eigenvalue weighted by Gasteiger charge is -2.33. The van der Waals surface area contributed by atoms with Gasteiger partial charge in [-0.05, 0) is 54.8 Å². The highest BCUT2D eigenvalue weighted by molar-refractivity contribution is 7.92. The molecule has 0 aromatic heterocycles. The Bertz CT molecular complexity index is 1450. The lowest BCUT2D eigenvalue weighted by molar-refractivity contribution is -0.140. The summed E-state index contributed by atoms with van der Waals surface area (Å²) in [6.07, 6.45) is 0.256. The van der Waals surface area contributed by atoms with Crippen molar-refractivity contribution in [3.63, 3.8) is 0 Å².